The van der Waals surface area contributed by atoms with E-state index in [1.54, 1.807) is 13.1 Å². The highest BCUT2D eigenvalue weighted by Crippen LogP contribution is 2.11. The van der Waals surface area contributed by atoms with Gasteiger partial charge in [0.25, 0.3) is 5.56 Å². The van der Waals surface area contributed by atoms with E-state index in [-0.39, 0.29) is 36.9 Å². The Kier molecular flexibility index (Phi) is 5.10. The molecule has 2 aromatic rings. The van der Waals surface area contributed by atoms with E-state index < -0.39 is 0 Å². The van der Waals surface area contributed by atoms with Gasteiger partial charge in [-0.3, -0.25) is 19.0 Å². The van der Waals surface area contributed by atoms with Crippen molar-refractivity contribution in [2.24, 2.45) is 0 Å². The Morgan fingerprint density at radius 2 is 2.09 bits per heavy atom. The van der Waals surface area contributed by atoms with Crippen molar-refractivity contribution in [2.45, 2.75) is 19.9 Å². The van der Waals surface area contributed by atoms with E-state index >= 15 is 0 Å². The number of para-hydroxylation sites is 1. The molecule has 0 saturated heterocycles. The lowest BCUT2D eigenvalue weighted by Crippen LogP contribution is -2.37. The highest BCUT2D eigenvalue weighted by Gasteiger charge is 2.13. The first-order valence-electron chi connectivity index (χ1n) is 7.33. The maximum absolute atomic E-state index is 12.4. The summed E-state index contributed by atoms with van der Waals surface area (Å²) in [6.45, 7) is 2.13. The van der Waals surface area contributed by atoms with Gasteiger partial charge in [-0.1, -0.05) is 12.1 Å². The molecule has 0 fully saturated rings. The van der Waals surface area contributed by atoms with Gasteiger partial charge in [0.15, 0.2) is 0 Å². The Hall–Kier alpha value is -2.70. The average molecular weight is 316 g/mol. The van der Waals surface area contributed by atoms with Gasteiger partial charge in [0, 0.05) is 27.1 Å². The highest BCUT2D eigenvalue weighted by atomic mass is 16.2. The normalized spacial score (nSPS) is 10.6. The molecule has 0 radical (unpaired) electrons. The number of fused-ring (bicyclic) bond motifs is 1. The largest absolute Gasteiger partial charge is 0.358 e. The van der Waals surface area contributed by atoms with Crippen LogP contribution in [0.3, 0.4) is 0 Å². The van der Waals surface area contributed by atoms with E-state index in [2.05, 4.69) is 10.3 Å². The number of nitrogens with one attached hydrogen (secondary N) is 1. The molecule has 0 aliphatic heterocycles. The number of nitrogens with zero attached hydrogens (tertiary/aromatic N) is 3. The molecule has 7 heteroatoms. The summed E-state index contributed by atoms with van der Waals surface area (Å²) in [6, 6.07) is 5.44. The van der Waals surface area contributed by atoms with E-state index in [1.165, 1.54) is 22.8 Å². The molecule has 1 aromatic heterocycles. The predicted octanol–water partition coefficient (Wildman–Crippen LogP) is 0.299. The molecule has 0 aliphatic rings. The van der Waals surface area contributed by atoms with E-state index in [1.807, 2.05) is 19.1 Å². The number of aromatic nitrogens is 2. The van der Waals surface area contributed by atoms with E-state index in [0.29, 0.717) is 10.9 Å². The Labute approximate surface area is 133 Å². The molecule has 0 aliphatic carbocycles. The summed E-state index contributed by atoms with van der Waals surface area (Å²) in [4.78, 5) is 41.3. The molecule has 1 N–H and O–H groups in total. The summed E-state index contributed by atoms with van der Waals surface area (Å²) in [7, 11) is 3.07. The molecule has 7 nitrogen and oxygen atoms in total. The Bertz CT molecular complexity index is 798. The van der Waals surface area contributed by atoms with Crippen molar-refractivity contribution < 1.29 is 9.59 Å². The number of likely N-dealkylation sites (N-methyl/N-ethyl adjacent to an activating group) is 2. The van der Waals surface area contributed by atoms with Crippen molar-refractivity contribution in [1.29, 1.82) is 0 Å². The molecule has 1 aromatic carbocycles. The fourth-order valence-electron chi connectivity index (χ4n) is 2.29. The van der Waals surface area contributed by atoms with Gasteiger partial charge in [-0.05, 0) is 18.6 Å². The van der Waals surface area contributed by atoms with Crippen LogP contribution in [0.2, 0.25) is 0 Å². The van der Waals surface area contributed by atoms with Crippen molar-refractivity contribution in [2.75, 3.05) is 20.6 Å². The zero-order valence-electron chi connectivity index (χ0n) is 13.5. The minimum absolute atomic E-state index is 0.000598. The van der Waals surface area contributed by atoms with Crippen LogP contribution in [0, 0.1) is 6.92 Å². The van der Waals surface area contributed by atoms with Crippen molar-refractivity contribution in [1.82, 2.24) is 19.8 Å². The summed E-state index contributed by atoms with van der Waals surface area (Å²) < 4.78 is 1.42. The van der Waals surface area contributed by atoms with Crippen molar-refractivity contribution in [3.05, 3.63) is 40.4 Å². The SMILES string of the molecule is CNC(=O)CN(C)C(=O)CCn1cnc2c(C)cccc2c1=O. The molecule has 1 heterocycles. The number of aryl methyl sites for hydroxylation is 2. The number of hydrogen-bond acceptors (Lipinski definition) is 4. The van der Waals surface area contributed by atoms with Gasteiger partial charge in [0.05, 0.1) is 23.8 Å². The number of hydrogen-bond donors (Lipinski definition) is 1. The van der Waals surface area contributed by atoms with Crippen molar-refractivity contribution >= 4 is 22.7 Å². The fraction of sp³-hybridized carbons (Fsp3) is 0.375. The van der Waals surface area contributed by atoms with Crippen LogP contribution in [-0.2, 0) is 16.1 Å². The third-order valence-corrected chi connectivity index (χ3v) is 3.71. The maximum atomic E-state index is 12.4. The maximum Gasteiger partial charge on any atom is 0.261 e. The van der Waals surface area contributed by atoms with Crippen LogP contribution in [0.4, 0.5) is 0 Å². The average Bonchev–Trinajstić information content (AvgIpc) is 2.54. The molecular weight excluding hydrogens is 296 g/mol. The lowest BCUT2D eigenvalue weighted by molar-refractivity contribution is -0.134. The lowest BCUT2D eigenvalue weighted by atomic mass is 10.1. The summed E-state index contributed by atoms with van der Waals surface area (Å²) in [5.74, 6) is -0.439. The molecule has 23 heavy (non-hydrogen) atoms. The summed E-state index contributed by atoms with van der Waals surface area (Å²) in [5, 5.41) is 3.00. The van der Waals surface area contributed by atoms with Crippen LogP contribution < -0.4 is 10.9 Å². The number of benzene rings is 1. The molecule has 2 amide bonds. The first-order valence-corrected chi connectivity index (χ1v) is 7.33. The van der Waals surface area contributed by atoms with Crippen LogP contribution in [0.5, 0.6) is 0 Å². The summed E-state index contributed by atoms with van der Waals surface area (Å²) in [6.07, 6.45) is 1.59. The number of rotatable bonds is 5. The van der Waals surface area contributed by atoms with Gasteiger partial charge in [-0.15, -0.1) is 0 Å². The number of amides is 2. The predicted molar refractivity (Wildman–Crippen MR) is 87.1 cm³/mol. The number of carbonyl (C=O) groups excluding carboxylic acids is 2. The van der Waals surface area contributed by atoms with Gasteiger partial charge < -0.3 is 10.2 Å². The Balaban J connectivity index is 2.11. The summed E-state index contributed by atoms with van der Waals surface area (Å²) in [5.41, 5.74) is 1.45. The topological polar surface area (TPSA) is 84.3 Å². The van der Waals surface area contributed by atoms with Crippen LogP contribution in [0.15, 0.2) is 29.3 Å². The third-order valence-electron chi connectivity index (χ3n) is 3.71. The van der Waals surface area contributed by atoms with Gasteiger partial charge in [0.1, 0.15) is 0 Å². The minimum atomic E-state index is -0.235. The monoisotopic (exact) mass is 316 g/mol. The van der Waals surface area contributed by atoms with E-state index in [0.717, 1.165) is 5.56 Å². The Morgan fingerprint density at radius 1 is 1.35 bits per heavy atom. The van der Waals surface area contributed by atoms with Crippen molar-refractivity contribution in [3.8, 4) is 0 Å². The van der Waals surface area contributed by atoms with Gasteiger partial charge in [-0.2, -0.15) is 0 Å². The molecule has 0 saturated carbocycles. The third kappa shape index (κ3) is 3.74. The molecule has 2 rings (SSSR count). The standard InChI is InChI=1S/C16H20N4O3/c1-11-5-4-6-12-15(11)18-10-20(16(12)23)8-7-14(22)19(3)9-13(21)17-2/h4-6,10H,7-9H2,1-3H3,(H,17,21). The first-order chi connectivity index (χ1) is 10.9. The molecule has 0 spiro atoms. The second-order valence-electron chi connectivity index (χ2n) is 5.39. The molecule has 0 unspecified atom stereocenters. The summed E-state index contributed by atoms with van der Waals surface area (Å²) >= 11 is 0. The minimum Gasteiger partial charge on any atom is -0.358 e. The molecule has 122 valence electrons. The zero-order chi connectivity index (χ0) is 17.0. The van der Waals surface area contributed by atoms with Crippen LogP contribution >= 0.6 is 0 Å². The quantitative estimate of drug-likeness (QED) is 0.860. The van der Waals surface area contributed by atoms with Gasteiger partial charge in [0.2, 0.25) is 11.8 Å². The zero-order valence-corrected chi connectivity index (χ0v) is 13.5. The first kappa shape index (κ1) is 16.7. The van der Waals surface area contributed by atoms with Crippen LogP contribution in [-0.4, -0.2) is 46.9 Å². The fourth-order valence-corrected chi connectivity index (χ4v) is 2.29. The van der Waals surface area contributed by atoms with Crippen molar-refractivity contribution in [3.63, 3.8) is 0 Å². The van der Waals surface area contributed by atoms with Crippen LogP contribution in [0.1, 0.15) is 12.0 Å². The molecule has 0 atom stereocenters. The van der Waals surface area contributed by atoms with Crippen LogP contribution in [0.25, 0.3) is 10.9 Å². The Morgan fingerprint density at radius 3 is 2.78 bits per heavy atom. The number of carbonyl (C=O) groups is 2. The second-order valence-corrected chi connectivity index (χ2v) is 5.39. The lowest BCUT2D eigenvalue weighted by Gasteiger charge is -2.16. The second kappa shape index (κ2) is 7.04. The highest BCUT2D eigenvalue weighted by molar-refractivity contribution is 5.84. The van der Waals surface area contributed by atoms with Gasteiger partial charge >= 0.3 is 0 Å². The van der Waals surface area contributed by atoms with E-state index in [9.17, 15) is 14.4 Å². The van der Waals surface area contributed by atoms with Gasteiger partial charge in [-0.25, -0.2) is 4.98 Å². The molecular formula is C16H20N4O3. The smallest absolute Gasteiger partial charge is 0.261 e. The molecule has 0 bridgehead atoms. The van der Waals surface area contributed by atoms with E-state index in [4.69, 9.17) is 0 Å².